The van der Waals surface area contributed by atoms with Gasteiger partial charge in [0, 0.05) is 36.3 Å². The number of aromatic nitrogens is 1. The van der Waals surface area contributed by atoms with Crippen molar-refractivity contribution >= 4 is 11.7 Å². The molecule has 1 aromatic heterocycles. The van der Waals surface area contributed by atoms with Crippen LogP contribution in [0.2, 0.25) is 0 Å². The molecule has 4 rings (SSSR count). The molecular weight excluding hydrogens is 393 g/mol. The average molecular weight is 420 g/mol. The van der Waals surface area contributed by atoms with Gasteiger partial charge in [-0.1, -0.05) is 30.3 Å². The van der Waals surface area contributed by atoms with E-state index in [1.54, 1.807) is 18.3 Å². The lowest BCUT2D eigenvalue weighted by molar-refractivity contribution is -0.119. The molecule has 1 aliphatic rings. The van der Waals surface area contributed by atoms with Gasteiger partial charge in [0.25, 0.3) is 0 Å². The Balaban J connectivity index is 1.36. The average Bonchev–Trinajstić information content (AvgIpc) is 3.28. The van der Waals surface area contributed by atoms with Gasteiger partial charge in [0.2, 0.25) is 5.91 Å². The minimum absolute atomic E-state index is 0.0141. The van der Waals surface area contributed by atoms with E-state index in [9.17, 15) is 9.18 Å². The molecule has 1 saturated carbocycles. The standard InChI is InChI=1S/C25H26FN3O2/c1-31-23-15-20(26)8-10-22(23)18-11-12-27-24(14-18)29-25(30)19-7-9-21(13-19)28-16-17-5-3-2-4-6-17/h2-6,8,10-12,14-15,19,21,28H,7,9,13,16H2,1H3,(H,27,29,30)/t19-,21+/m1/s1. The number of amides is 1. The molecule has 1 aliphatic carbocycles. The molecule has 1 fully saturated rings. The summed E-state index contributed by atoms with van der Waals surface area (Å²) in [4.78, 5) is 17.1. The van der Waals surface area contributed by atoms with Crippen LogP contribution in [0.25, 0.3) is 11.1 Å². The van der Waals surface area contributed by atoms with Crippen LogP contribution in [0.3, 0.4) is 0 Å². The molecule has 2 N–H and O–H groups in total. The van der Waals surface area contributed by atoms with Crippen LogP contribution in [-0.4, -0.2) is 24.0 Å². The fourth-order valence-electron chi connectivity index (χ4n) is 4.06. The second-order valence-electron chi connectivity index (χ2n) is 7.84. The van der Waals surface area contributed by atoms with E-state index in [4.69, 9.17) is 4.74 Å². The SMILES string of the molecule is COc1cc(F)ccc1-c1ccnc(NC(=O)[C@@H]2CC[C@H](NCc3ccccc3)C2)c1. The Morgan fingerprint density at radius 2 is 1.97 bits per heavy atom. The Kier molecular flexibility index (Phi) is 6.57. The first-order valence-electron chi connectivity index (χ1n) is 10.5. The van der Waals surface area contributed by atoms with E-state index in [1.807, 2.05) is 24.3 Å². The van der Waals surface area contributed by atoms with Gasteiger partial charge < -0.3 is 15.4 Å². The van der Waals surface area contributed by atoms with Crippen LogP contribution in [0.4, 0.5) is 10.2 Å². The number of carbonyl (C=O) groups is 1. The van der Waals surface area contributed by atoms with Crippen LogP contribution in [0.1, 0.15) is 24.8 Å². The van der Waals surface area contributed by atoms with Crippen LogP contribution in [-0.2, 0) is 11.3 Å². The van der Waals surface area contributed by atoms with E-state index < -0.39 is 0 Å². The van der Waals surface area contributed by atoms with E-state index >= 15 is 0 Å². The van der Waals surface area contributed by atoms with Crippen molar-refractivity contribution in [1.82, 2.24) is 10.3 Å². The van der Waals surface area contributed by atoms with Crippen LogP contribution >= 0.6 is 0 Å². The highest BCUT2D eigenvalue weighted by Gasteiger charge is 2.29. The van der Waals surface area contributed by atoms with Crippen molar-refractivity contribution in [1.29, 1.82) is 0 Å². The second kappa shape index (κ2) is 9.71. The number of hydrogen-bond acceptors (Lipinski definition) is 4. The highest BCUT2D eigenvalue weighted by Crippen LogP contribution is 2.32. The first kappa shape index (κ1) is 21.0. The molecule has 2 atom stereocenters. The summed E-state index contributed by atoms with van der Waals surface area (Å²) in [6.45, 7) is 0.808. The molecule has 31 heavy (non-hydrogen) atoms. The van der Waals surface area contributed by atoms with Crippen molar-refractivity contribution in [2.75, 3.05) is 12.4 Å². The number of rotatable bonds is 7. The third kappa shape index (κ3) is 5.27. The first-order chi connectivity index (χ1) is 15.1. The van der Waals surface area contributed by atoms with Crippen LogP contribution in [0.15, 0.2) is 66.9 Å². The summed E-state index contributed by atoms with van der Waals surface area (Å²) >= 11 is 0. The number of ether oxygens (including phenoxy) is 1. The van der Waals surface area contributed by atoms with Crippen molar-refractivity contribution in [3.05, 3.63) is 78.2 Å². The van der Waals surface area contributed by atoms with Gasteiger partial charge in [0.05, 0.1) is 7.11 Å². The van der Waals surface area contributed by atoms with Crippen molar-refractivity contribution < 1.29 is 13.9 Å². The van der Waals surface area contributed by atoms with Crippen LogP contribution < -0.4 is 15.4 Å². The zero-order valence-corrected chi connectivity index (χ0v) is 17.5. The minimum atomic E-state index is -0.361. The molecule has 6 heteroatoms. The summed E-state index contributed by atoms with van der Waals surface area (Å²) in [5.41, 5.74) is 2.79. The largest absolute Gasteiger partial charge is 0.496 e. The fourth-order valence-corrected chi connectivity index (χ4v) is 4.06. The maximum Gasteiger partial charge on any atom is 0.228 e. The minimum Gasteiger partial charge on any atom is -0.496 e. The predicted molar refractivity (Wildman–Crippen MR) is 119 cm³/mol. The van der Waals surface area contributed by atoms with Crippen molar-refractivity contribution in [3.8, 4) is 16.9 Å². The number of nitrogens with one attached hydrogen (secondary N) is 2. The molecule has 3 aromatic rings. The lowest BCUT2D eigenvalue weighted by atomic mass is 10.0. The van der Waals surface area contributed by atoms with E-state index in [2.05, 4.69) is 27.8 Å². The Bertz CT molecular complexity index is 1040. The molecular formula is C25H26FN3O2. The summed E-state index contributed by atoms with van der Waals surface area (Å²) in [6.07, 6.45) is 4.27. The molecule has 5 nitrogen and oxygen atoms in total. The summed E-state index contributed by atoms with van der Waals surface area (Å²) < 4.78 is 18.8. The monoisotopic (exact) mass is 419 g/mol. The van der Waals surface area contributed by atoms with E-state index in [1.165, 1.54) is 24.8 Å². The van der Waals surface area contributed by atoms with E-state index in [0.717, 1.165) is 36.9 Å². The Morgan fingerprint density at radius 3 is 2.77 bits per heavy atom. The summed E-state index contributed by atoms with van der Waals surface area (Å²) in [5.74, 6) is 0.500. The normalized spacial score (nSPS) is 18.0. The topological polar surface area (TPSA) is 63.2 Å². The second-order valence-corrected chi connectivity index (χ2v) is 7.84. The molecule has 0 bridgehead atoms. The lowest BCUT2D eigenvalue weighted by Crippen LogP contribution is -2.28. The van der Waals surface area contributed by atoms with Gasteiger partial charge in [-0.3, -0.25) is 4.79 Å². The number of halogens is 1. The molecule has 0 spiro atoms. The van der Waals surface area contributed by atoms with Crippen molar-refractivity contribution in [2.45, 2.75) is 31.8 Å². The van der Waals surface area contributed by atoms with Gasteiger partial charge in [0.1, 0.15) is 17.4 Å². The molecule has 0 unspecified atom stereocenters. The third-order valence-corrected chi connectivity index (χ3v) is 5.73. The number of benzene rings is 2. The number of nitrogens with zero attached hydrogens (tertiary/aromatic N) is 1. The van der Waals surface area contributed by atoms with Crippen LogP contribution in [0.5, 0.6) is 5.75 Å². The maximum atomic E-state index is 13.5. The number of hydrogen-bond donors (Lipinski definition) is 2. The third-order valence-electron chi connectivity index (χ3n) is 5.73. The maximum absolute atomic E-state index is 13.5. The van der Waals surface area contributed by atoms with E-state index in [0.29, 0.717) is 17.6 Å². The summed E-state index contributed by atoms with van der Waals surface area (Å²) in [7, 11) is 1.50. The number of pyridine rings is 1. The van der Waals surface area contributed by atoms with Crippen molar-refractivity contribution in [3.63, 3.8) is 0 Å². The Morgan fingerprint density at radius 1 is 1.13 bits per heavy atom. The quantitative estimate of drug-likeness (QED) is 0.578. The number of carbonyl (C=O) groups excluding carboxylic acids is 1. The summed E-state index contributed by atoms with van der Waals surface area (Å²) in [6, 6.07) is 18.6. The summed E-state index contributed by atoms with van der Waals surface area (Å²) in [5, 5.41) is 6.50. The smallest absolute Gasteiger partial charge is 0.228 e. The Labute approximate surface area is 181 Å². The van der Waals surface area contributed by atoms with Gasteiger partial charge in [-0.2, -0.15) is 0 Å². The van der Waals surface area contributed by atoms with Gasteiger partial charge in [-0.25, -0.2) is 9.37 Å². The zero-order valence-electron chi connectivity index (χ0n) is 17.5. The van der Waals surface area contributed by atoms with Crippen molar-refractivity contribution in [2.24, 2.45) is 5.92 Å². The Hall–Kier alpha value is -3.25. The van der Waals surface area contributed by atoms with Gasteiger partial charge in [-0.15, -0.1) is 0 Å². The first-order valence-corrected chi connectivity index (χ1v) is 10.5. The molecule has 1 amide bonds. The fraction of sp³-hybridized carbons (Fsp3) is 0.280. The lowest BCUT2D eigenvalue weighted by Gasteiger charge is -2.14. The number of anilines is 1. The predicted octanol–water partition coefficient (Wildman–Crippen LogP) is 4.79. The molecule has 160 valence electrons. The molecule has 0 aliphatic heterocycles. The van der Waals surface area contributed by atoms with Gasteiger partial charge in [-0.05, 0) is 54.7 Å². The van der Waals surface area contributed by atoms with Gasteiger partial charge >= 0.3 is 0 Å². The zero-order chi connectivity index (χ0) is 21.6. The highest BCUT2D eigenvalue weighted by atomic mass is 19.1. The molecule has 0 saturated heterocycles. The molecule has 0 radical (unpaired) electrons. The van der Waals surface area contributed by atoms with Gasteiger partial charge in [0.15, 0.2) is 0 Å². The molecule has 2 aromatic carbocycles. The van der Waals surface area contributed by atoms with E-state index in [-0.39, 0.29) is 17.6 Å². The number of methoxy groups -OCH3 is 1. The molecule has 1 heterocycles. The van der Waals surface area contributed by atoms with Crippen LogP contribution in [0, 0.1) is 11.7 Å². The highest BCUT2D eigenvalue weighted by molar-refractivity contribution is 5.92.